The van der Waals surface area contributed by atoms with Crippen LogP contribution in [0.25, 0.3) is 11.0 Å². The first-order valence-electron chi connectivity index (χ1n) is 7.60. The third-order valence-corrected chi connectivity index (χ3v) is 3.96. The number of carbonyl (C=O) groups is 1. The predicted molar refractivity (Wildman–Crippen MR) is 92.7 cm³/mol. The van der Waals surface area contributed by atoms with E-state index in [4.69, 9.17) is 14.8 Å². The zero-order chi connectivity index (χ0) is 18.8. The van der Waals surface area contributed by atoms with Gasteiger partial charge in [0.15, 0.2) is 0 Å². The molecule has 2 aromatic carbocycles. The van der Waals surface area contributed by atoms with Gasteiger partial charge in [0.25, 0.3) is 0 Å². The van der Waals surface area contributed by atoms with Crippen LogP contribution in [0.4, 0.5) is 10.1 Å². The Morgan fingerprint density at radius 1 is 1.27 bits per heavy atom. The fourth-order valence-electron chi connectivity index (χ4n) is 2.60. The number of carboxylic acids is 1. The van der Waals surface area contributed by atoms with Crippen molar-refractivity contribution in [2.75, 3.05) is 11.9 Å². The van der Waals surface area contributed by atoms with Crippen molar-refractivity contribution >= 4 is 22.6 Å². The number of fused-ring (bicyclic) bond motifs is 1. The van der Waals surface area contributed by atoms with Gasteiger partial charge in [-0.25, -0.2) is 14.0 Å². The van der Waals surface area contributed by atoms with Crippen LogP contribution in [0, 0.1) is 17.1 Å². The first kappa shape index (κ1) is 17.2. The van der Waals surface area contributed by atoms with E-state index >= 15 is 0 Å². The monoisotopic (exact) mass is 352 g/mol. The Hall–Kier alpha value is -3.66. The molecule has 1 heterocycles. The van der Waals surface area contributed by atoms with E-state index < -0.39 is 23.0 Å². The molecule has 1 N–H and O–H groups in total. The highest BCUT2D eigenvalue weighted by atomic mass is 19.1. The van der Waals surface area contributed by atoms with Gasteiger partial charge in [0, 0.05) is 30.7 Å². The third kappa shape index (κ3) is 3.26. The lowest BCUT2D eigenvalue weighted by Crippen LogP contribution is -2.17. The molecule has 0 aliphatic rings. The Kier molecular flexibility index (Phi) is 4.42. The lowest BCUT2D eigenvalue weighted by atomic mass is 10.1. The number of benzene rings is 2. The lowest BCUT2D eigenvalue weighted by Gasteiger charge is -2.19. The molecule has 0 unspecified atom stereocenters. The zero-order valence-corrected chi connectivity index (χ0v) is 13.7. The van der Waals surface area contributed by atoms with Gasteiger partial charge in [-0.3, -0.25) is 0 Å². The van der Waals surface area contributed by atoms with Crippen molar-refractivity contribution in [3.05, 3.63) is 75.4 Å². The minimum Gasteiger partial charge on any atom is -0.477 e. The summed E-state index contributed by atoms with van der Waals surface area (Å²) < 4.78 is 18.8. The van der Waals surface area contributed by atoms with Crippen LogP contribution >= 0.6 is 0 Å². The summed E-state index contributed by atoms with van der Waals surface area (Å²) in [4.78, 5) is 24.5. The summed E-state index contributed by atoms with van der Waals surface area (Å²) in [7, 11) is 1.78. The molecule has 0 aliphatic heterocycles. The van der Waals surface area contributed by atoms with Gasteiger partial charge in [0.05, 0.1) is 5.56 Å². The van der Waals surface area contributed by atoms with Crippen molar-refractivity contribution in [2.45, 2.75) is 6.54 Å². The van der Waals surface area contributed by atoms with E-state index in [0.29, 0.717) is 23.2 Å². The first-order valence-corrected chi connectivity index (χ1v) is 7.60. The summed E-state index contributed by atoms with van der Waals surface area (Å²) in [6, 6.07) is 12.4. The number of hydrogen-bond acceptors (Lipinski definition) is 5. The Balaban J connectivity index is 1.91. The van der Waals surface area contributed by atoms with E-state index in [1.54, 1.807) is 37.4 Å². The molecule has 0 spiro atoms. The van der Waals surface area contributed by atoms with Crippen molar-refractivity contribution in [1.82, 2.24) is 0 Å². The van der Waals surface area contributed by atoms with E-state index in [0.717, 1.165) is 0 Å². The maximum Gasteiger partial charge on any atom is 0.351 e. The van der Waals surface area contributed by atoms with Crippen LogP contribution in [-0.4, -0.2) is 18.1 Å². The summed E-state index contributed by atoms with van der Waals surface area (Å²) in [6.45, 7) is 0.367. The van der Waals surface area contributed by atoms with E-state index in [1.807, 2.05) is 4.90 Å². The number of carboxylic acid groups (broad SMARTS) is 1. The summed E-state index contributed by atoms with van der Waals surface area (Å²) in [5.74, 6) is -1.92. The summed E-state index contributed by atoms with van der Waals surface area (Å²) in [6.07, 6.45) is 0. The standard InChI is InChI=1S/C19H13FN2O4/c1-22(10-11-2-3-13(9-21)16(20)6-11)14-5-4-12-7-15(18(23)24)19(25)26-17(12)8-14/h2-8H,10H2,1H3,(H,23,24). The highest BCUT2D eigenvalue weighted by Gasteiger charge is 2.13. The van der Waals surface area contributed by atoms with Gasteiger partial charge >= 0.3 is 11.6 Å². The fraction of sp³-hybridized carbons (Fsp3) is 0.105. The minimum absolute atomic E-state index is 0.0156. The Morgan fingerprint density at radius 2 is 2.04 bits per heavy atom. The zero-order valence-electron chi connectivity index (χ0n) is 13.7. The van der Waals surface area contributed by atoms with Crippen LogP contribution in [0.1, 0.15) is 21.5 Å². The SMILES string of the molecule is CN(Cc1ccc(C#N)c(F)c1)c1ccc2cc(C(=O)O)c(=O)oc2c1. The minimum atomic E-state index is -1.34. The number of rotatable bonds is 4. The maximum absolute atomic E-state index is 13.7. The van der Waals surface area contributed by atoms with Crippen LogP contribution in [0.3, 0.4) is 0 Å². The molecule has 3 rings (SSSR count). The lowest BCUT2D eigenvalue weighted by molar-refractivity contribution is 0.0692. The second kappa shape index (κ2) is 6.69. The quantitative estimate of drug-likeness (QED) is 0.725. The number of nitriles is 1. The first-order chi connectivity index (χ1) is 12.4. The normalized spacial score (nSPS) is 10.5. The Bertz CT molecular complexity index is 1110. The average Bonchev–Trinajstić information content (AvgIpc) is 2.60. The van der Waals surface area contributed by atoms with Crippen molar-refractivity contribution in [1.29, 1.82) is 5.26 Å². The molecule has 0 amide bonds. The van der Waals surface area contributed by atoms with E-state index in [9.17, 15) is 14.0 Å². The molecule has 0 aliphatic carbocycles. The van der Waals surface area contributed by atoms with Crippen LogP contribution in [-0.2, 0) is 6.54 Å². The van der Waals surface area contributed by atoms with Gasteiger partial charge in [-0.2, -0.15) is 5.26 Å². The molecular weight excluding hydrogens is 339 g/mol. The second-order valence-electron chi connectivity index (χ2n) is 5.76. The van der Waals surface area contributed by atoms with Crippen LogP contribution in [0.2, 0.25) is 0 Å². The van der Waals surface area contributed by atoms with Crippen molar-refractivity contribution in [2.24, 2.45) is 0 Å². The molecule has 0 atom stereocenters. The number of hydrogen-bond donors (Lipinski definition) is 1. The summed E-state index contributed by atoms with van der Waals surface area (Å²) in [5.41, 5.74) is 0.277. The van der Waals surface area contributed by atoms with Gasteiger partial charge in [-0.1, -0.05) is 6.07 Å². The van der Waals surface area contributed by atoms with Gasteiger partial charge in [-0.05, 0) is 35.9 Å². The molecule has 0 saturated carbocycles. The summed E-state index contributed by atoms with van der Waals surface area (Å²) >= 11 is 0. The van der Waals surface area contributed by atoms with Gasteiger partial charge in [0.2, 0.25) is 0 Å². The van der Waals surface area contributed by atoms with Crippen molar-refractivity contribution in [3.63, 3.8) is 0 Å². The molecule has 130 valence electrons. The maximum atomic E-state index is 13.7. The smallest absolute Gasteiger partial charge is 0.351 e. The molecule has 0 fully saturated rings. The average molecular weight is 352 g/mol. The van der Waals surface area contributed by atoms with E-state index in [2.05, 4.69) is 0 Å². The molecule has 0 saturated heterocycles. The summed E-state index contributed by atoms with van der Waals surface area (Å²) in [5, 5.41) is 18.2. The van der Waals surface area contributed by atoms with E-state index in [-0.39, 0.29) is 11.1 Å². The van der Waals surface area contributed by atoms with Gasteiger partial charge < -0.3 is 14.4 Å². The Morgan fingerprint density at radius 3 is 2.69 bits per heavy atom. The molecular formula is C19H13FN2O4. The van der Waals surface area contributed by atoms with E-state index in [1.165, 1.54) is 18.2 Å². The van der Waals surface area contributed by atoms with Crippen molar-refractivity contribution < 1.29 is 18.7 Å². The Labute approximate surface area is 147 Å². The molecule has 3 aromatic rings. The molecule has 1 aromatic heterocycles. The van der Waals surface area contributed by atoms with Crippen LogP contribution in [0.5, 0.6) is 0 Å². The number of nitrogens with zero attached hydrogens (tertiary/aromatic N) is 2. The largest absolute Gasteiger partial charge is 0.477 e. The molecule has 6 nitrogen and oxygen atoms in total. The topological polar surface area (TPSA) is 94.5 Å². The van der Waals surface area contributed by atoms with Crippen LogP contribution in [0.15, 0.2) is 51.7 Å². The number of aromatic carboxylic acids is 1. The molecule has 7 heteroatoms. The van der Waals surface area contributed by atoms with Crippen molar-refractivity contribution in [3.8, 4) is 6.07 Å². The highest BCUT2D eigenvalue weighted by molar-refractivity contribution is 5.92. The van der Waals surface area contributed by atoms with Gasteiger partial charge in [-0.15, -0.1) is 0 Å². The molecule has 0 radical (unpaired) electrons. The molecule has 0 bridgehead atoms. The van der Waals surface area contributed by atoms with Crippen LogP contribution < -0.4 is 10.5 Å². The number of halogens is 1. The van der Waals surface area contributed by atoms with Gasteiger partial charge in [0.1, 0.15) is 23.0 Å². The molecule has 26 heavy (non-hydrogen) atoms. The third-order valence-electron chi connectivity index (χ3n) is 3.96. The number of anilines is 1. The highest BCUT2D eigenvalue weighted by Crippen LogP contribution is 2.23. The predicted octanol–water partition coefficient (Wildman–Crippen LogP) is 3.14. The fourth-order valence-corrected chi connectivity index (χ4v) is 2.60. The second-order valence-corrected chi connectivity index (χ2v) is 5.76.